The van der Waals surface area contributed by atoms with E-state index in [4.69, 9.17) is 11.0 Å². The molecule has 5 rings (SSSR count). The first-order chi connectivity index (χ1) is 15.7. The third kappa shape index (κ3) is 3.27. The molecule has 7 heteroatoms. The summed E-state index contributed by atoms with van der Waals surface area (Å²) in [4.78, 5) is 26.9. The summed E-state index contributed by atoms with van der Waals surface area (Å²) in [5, 5.41) is 9.88. The van der Waals surface area contributed by atoms with Crippen LogP contribution in [0.1, 0.15) is 24.2 Å². The molecule has 2 aromatic heterocycles. The number of fused-ring (bicyclic) bond motifs is 1. The normalized spacial score (nSPS) is 14.0. The van der Waals surface area contributed by atoms with Gasteiger partial charge in [0.05, 0.1) is 23.3 Å². The van der Waals surface area contributed by atoms with Gasteiger partial charge < -0.3 is 15.4 Å². The monoisotopic (exact) mass is 420 g/mol. The maximum Gasteiger partial charge on any atom is 0.232 e. The SMILES string of the molecule is N#Cc1ncc(-c2ccc3ncc(C4(C=O)CC4)c(N(CN)c4ccccc4)c3c2)cn1. The van der Waals surface area contributed by atoms with Crippen molar-refractivity contribution < 1.29 is 4.79 Å². The van der Waals surface area contributed by atoms with Gasteiger partial charge in [-0.3, -0.25) is 4.98 Å². The summed E-state index contributed by atoms with van der Waals surface area (Å²) in [7, 11) is 0. The minimum absolute atomic E-state index is 0.124. The number of hydrogen-bond acceptors (Lipinski definition) is 7. The molecule has 1 aliphatic carbocycles. The summed E-state index contributed by atoms with van der Waals surface area (Å²) in [6, 6.07) is 17.7. The molecule has 32 heavy (non-hydrogen) atoms. The molecule has 0 atom stereocenters. The van der Waals surface area contributed by atoms with Gasteiger partial charge in [0.25, 0.3) is 0 Å². The Kier molecular flexibility index (Phi) is 4.85. The van der Waals surface area contributed by atoms with E-state index < -0.39 is 5.41 Å². The van der Waals surface area contributed by atoms with Crippen LogP contribution in [0.2, 0.25) is 0 Å². The minimum atomic E-state index is -0.522. The van der Waals surface area contributed by atoms with Crippen LogP contribution in [0.15, 0.2) is 67.1 Å². The molecule has 156 valence electrons. The highest BCUT2D eigenvalue weighted by Crippen LogP contribution is 2.52. The van der Waals surface area contributed by atoms with Crippen LogP contribution >= 0.6 is 0 Å². The molecule has 2 heterocycles. The number of carbonyl (C=O) groups is 1. The van der Waals surface area contributed by atoms with E-state index in [2.05, 4.69) is 15.0 Å². The van der Waals surface area contributed by atoms with Crippen LogP contribution in [-0.2, 0) is 10.2 Å². The van der Waals surface area contributed by atoms with Crippen LogP contribution in [0, 0.1) is 11.3 Å². The zero-order chi connectivity index (χ0) is 22.1. The number of benzene rings is 2. The number of nitriles is 1. The lowest BCUT2D eigenvalue weighted by Gasteiger charge is -2.29. The molecule has 2 aromatic carbocycles. The molecule has 7 nitrogen and oxygen atoms in total. The summed E-state index contributed by atoms with van der Waals surface area (Å²) in [6.07, 6.45) is 7.72. The van der Waals surface area contributed by atoms with Gasteiger partial charge in [-0.2, -0.15) is 5.26 Å². The number of aldehydes is 1. The van der Waals surface area contributed by atoms with Gasteiger partial charge in [0.15, 0.2) is 0 Å². The number of aromatic nitrogens is 3. The van der Waals surface area contributed by atoms with Crippen molar-refractivity contribution in [1.29, 1.82) is 5.26 Å². The fourth-order valence-corrected chi connectivity index (χ4v) is 4.07. The highest BCUT2D eigenvalue weighted by Gasteiger charge is 2.47. The van der Waals surface area contributed by atoms with E-state index in [0.29, 0.717) is 0 Å². The molecule has 1 aliphatic rings. The highest BCUT2D eigenvalue weighted by atomic mass is 16.1. The van der Waals surface area contributed by atoms with Crippen LogP contribution in [0.3, 0.4) is 0 Å². The fourth-order valence-electron chi connectivity index (χ4n) is 4.07. The van der Waals surface area contributed by atoms with Crippen molar-refractivity contribution in [2.75, 3.05) is 11.6 Å². The number of nitrogens with two attached hydrogens (primary N) is 1. The average Bonchev–Trinajstić information content (AvgIpc) is 3.66. The number of anilines is 2. The van der Waals surface area contributed by atoms with E-state index in [9.17, 15) is 4.79 Å². The predicted molar refractivity (Wildman–Crippen MR) is 122 cm³/mol. The first-order valence-electron chi connectivity index (χ1n) is 10.3. The van der Waals surface area contributed by atoms with Gasteiger partial charge in [-0.15, -0.1) is 0 Å². The van der Waals surface area contributed by atoms with Crippen LogP contribution in [-0.4, -0.2) is 27.9 Å². The molecule has 0 saturated heterocycles. The molecule has 1 saturated carbocycles. The van der Waals surface area contributed by atoms with Gasteiger partial charge in [-0.25, -0.2) is 9.97 Å². The van der Waals surface area contributed by atoms with Crippen molar-refractivity contribution in [3.05, 3.63) is 78.5 Å². The number of pyridine rings is 1. The second-order valence-electron chi connectivity index (χ2n) is 7.88. The van der Waals surface area contributed by atoms with Crippen molar-refractivity contribution in [3.8, 4) is 17.2 Å². The van der Waals surface area contributed by atoms with E-state index >= 15 is 0 Å². The Morgan fingerprint density at radius 2 is 1.78 bits per heavy atom. The molecule has 2 N–H and O–H groups in total. The van der Waals surface area contributed by atoms with Crippen LogP contribution < -0.4 is 10.6 Å². The van der Waals surface area contributed by atoms with E-state index in [1.807, 2.05) is 65.7 Å². The Balaban J connectivity index is 1.76. The van der Waals surface area contributed by atoms with Crippen molar-refractivity contribution in [3.63, 3.8) is 0 Å². The number of hydrogen-bond donors (Lipinski definition) is 1. The van der Waals surface area contributed by atoms with Gasteiger partial charge in [0.1, 0.15) is 12.4 Å². The third-order valence-corrected chi connectivity index (χ3v) is 6.00. The molecule has 0 bridgehead atoms. The Labute approximate surface area is 185 Å². The number of carbonyl (C=O) groups excluding carboxylic acids is 1. The van der Waals surface area contributed by atoms with Gasteiger partial charge >= 0.3 is 0 Å². The van der Waals surface area contributed by atoms with E-state index in [-0.39, 0.29) is 12.5 Å². The van der Waals surface area contributed by atoms with Crippen LogP contribution in [0.25, 0.3) is 22.0 Å². The van der Waals surface area contributed by atoms with Crippen LogP contribution in [0.4, 0.5) is 11.4 Å². The lowest BCUT2D eigenvalue weighted by atomic mass is 9.93. The number of nitrogens with zero attached hydrogens (tertiary/aromatic N) is 5. The third-order valence-electron chi connectivity index (χ3n) is 6.00. The molecule has 0 unspecified atom stereocenters. The molecule has 4 aromatic rings. The summed E-state index contributed by atoms with van der Waals surface area (Å²) < 4.78 is 0. The Morgan fingerprint density at radius 3 is 2.41 bits per heavy atom. The summed E-state index contributed by atoms with van der Waals surface area (Å²) in [5.41, 5.74) is 10.9. The first-order valence-corrected chi connectivity index (χ1v) is 10.3. The fraction of sp³-hybridized carbons (Fsp3) is 0.160. The molecular weight excluding hydrogens is 400 g/mol. The maximum atomic E-state index is 12.1. The second kappa shape index (κ2) is 7.84. The molecule has 0 spiro atoms. The minimum Gasteiger partial charge on any atom is -0.327 e. The van der Waals surface area contributed by atoms with Crippen molar-refractivity contribution >= 4 is 28.6 Å². The number of para-hydroxylation sites is 1. The first kappa shape index (κ1) is 19.8. The van der Waals surface area contributed by atoms with Crippen molar-refractivity contribution in [1.82, 2.24) is 15.0 Å². The summed E-state index contributed by atoms with van der Waals surface area (Å²) in [5.74, 6) is 0.124. The van der Waals surface area contributed by atoms with Crippen LogP contribution in [0.5, 0.6) is 0 Å². The van der Waals surface area contributed by atoms with Crippen molar-refractivity contribution in [2.45, 2.75) is 18.3 Å². The van der Waals surface area contributed by atoms with Gasteiger partial charge in [-0.05, 0) is 42.7 Å². The van der Waals surface area contributed by atoms with Crippen molar-refractivity contribution in [2.24, 2.45) is 5.73 Å². The zero-order valence-electron chi connectivity index (χ0n) is 17.3. The Morgan fingerprint density at radius 1 is 1.03 bits per heavy atom. The van der Waals surface area contributed by atoms with E-state index in [1.54, 1.807) is 12.4 Å². The Bertz CT molecular complexity index is 1340. The zero-order valence-corrected chi connectivity index (χ0v) is 17.3. The molecule has 1 fully saturated rings. The lowest BCUT2D eigenvalue weighted by Crippen LogP contribution is -2.28. The van der Waals surface area contributed by atoms with E-state index in [1.165, 1.54) is 0 Å². The number of rotatable bonds is 6. The quantitative estimate of drug-likeness (QED) is 0.373. The largest absolute Gasteiger partial charge is 0.327 e. The standard InChI is InChI=1S/C25H20N6O/c26-11-23-29-12-18(13-30-23)17-6-7-22-20(10-17)24(21(14-28-22)25(15-32)8-9-25)31(16-27)19-4-2-1-3-5-19/h1-7,10,12-15H,8-9,16,27H2. The highest BCUT2D eigenvalue weighted by molar-refractivity contribution is 6.00. The predicted octanol–water partition coefficient (Wildman–Crippen LogP) is 3.85. The lowest BCUT2D eigenvalue weighted by molar-refractivity contribution is -0.109. The molecule has 0 radical (unpaired) electrons. The maximum absolute atomic E-state index is 12.1. The molecule has 0 aliphatic heterocycles. The summed E-state index contributed by atoms with van der Waals surface area (Å²) >= 11 is 0. The van der Waals surface area contributed by atoms with Gasteiger partial charge in [0.2, 0.25) is 5.82 Å². The van der Waals surface area contributed by atoms with E-state index in [0.717, 1.165) is 58.1 Å². The average molecular weight is 420 g/mol. The van der Waals surface area contributed by atoms with Gasteiger partial charge in [-0.1, -0.05) is 24.3 Å². The second-order valence-corrected chi connectivity index (χ2v) is 7.88. The van der Waals surface area contributed by atoms with Gasteiger partial charge in [0, 0.05) is 40.8 Å². The molecule has 0 amide bonds. The smallest absolute Gasteiger partial charge is 0.232 e. The topological polar surface area (TPSA) is 109 Å². The Hall–Kier alpha value is -4.15. The summed E-state index contributed by atoms with van der Waals surface area (Å²) in [6.45, 7) is 0.245. The molecular formula is C25H20N6O.